The number of aryl methyl sites for hydroxylation is 2. The van der Waals surface area contributed by atoms with Crippen LogP contribution in [0.3, 0.4) is 0 Å². The van der Waals surface area contributed by atoms with Gasteiger partial charge in [-0.15, -0.1) is 0 Å². The zero-order valence-corrected chi connectivity index (χ0v) is 14.7. The molecule has 2 amide bonds. The molecule has 134 valence electrons. The Labute approximate surface area is 143 Å². The molecule has 0 radical (unpaired) electrons. The van der Waals surface area contributed by atoms with Crippen LogP contribution in [-0.4, -0.2) is 50.2 Å². The third-order valence-corrected chi connectivity index (χ3v) is 4.49. The third kappa shape index (κ3) is 5.19. The van der Waals surface area contributed by atoms with E-state index >= 15 is 0 Å². The number of ether oxygens (including phenoxy) is 2. The van der Waals surface area contributed by atoms with E-state index in [1.807, 2.05) is 26.0 Å². The quantitative estimate of drug-likeness (QED) is 0.740. The van der Waals surface area contributed by atoms with Crippen LogP contribution in [0.25, 0.3) is 0 Å². The van der Waals surface area contributed by atoms with Gasteiger partial charge in [-0.3, -0.25) is 0 Å². The molecular formula is C18H28N2O4. The largest absolute Gasteiger partial charge is 0.387 e. The maximum absolute atomic E-state index is 12.0. The molecule has 6 heteroatoms. The van der Waals surface area contributed by atoms with Crippen molar-refractivity contribution >= 4 is 6.03 Å². The Hall–Kier alpha value is -1.63. The molecule has 2 rings (SSSR count). The Morgan fingerprint density at radius 1 is 1.25 bits per heavy atom. The smallest absolute Gasteiger partial charge is 0.314 e. The Morgan fingerprint density at radius 3 is 2.46 bits per heavy atom. The second-order valence-electron chi connectivity index (χ2n) is 6.50. The molecule has 0 unspecified atom stereocenters. The molecule has 0 aromatic heterocycles. The van der Waals surface area contributed by atoms with Crippen LogP contribution in [0, 0.1) is 13.8 Å². The number of hydrogen-bond acceptors (Lipinski definition) is 4. The topological polar surface area (TPSA) is 79.8 Å². The Morgan fingerprint density at radius 2 is 1.88 bits per heavy atom. The third-order valence-electron chi connectivity index (χ3n) is 4.49. The van der Waals surface area contributed by atoms with Crippen molar-refractivity contribution in [3.05, 3.63) is 34.9 Å². The second-order valence-corrected chi connectivity index (χ2v) is 6.50. The van der Waals surface area contributed by atoms with Crippen molar-refractivity contribution in [1.29, 1.82) is 0 Å². The summed E-state index contributed by atoms with van der Waals surface area (Å²) in [4.78, 5) is 12.0. The van der Waals surface area contributed by atoms with Crippen molar-refractivity contribution in [2.24, 2.45) is 0 Å². The molecule has 1 heterocycles. The molecular weight excluding hydrogens is 308 g/mol. The minimum Gasteiger partial charge on any atom is -0.387 e. The van der Waals surface area contributed by atoms with E-state index in [1.54, 1.807) is 7.11 Å². The van der Waals surface area contributed by atoms with Gasteiger partial charge in [-0.25, -0.2) is 4.79 Å². The van der Waals surface area contributed by atoms with Gasteiger partial charge in [0.05, 0.1) is 11.7 Å². The zero-order chi connectivity index (χ0) is 17.6. The van der Waals surface area contributed by atoms with Gasteiger partial charge in [-0.1, -0.05) is 29.3 Å². The van der Waals surface area contributed by atoms with Crippen molar-refractivity contribution in [3.8, 4) is 0 Å². The van der Waals surface area contributed by atoms with E-state index in [9.17, 15) is 9.90 Å². The van der Waals surface area contributed by atoms with Crippen molar-refractivity contribution in [1.82, 2.24) is 10.6 Å². The number of aliphatic hydroxyl groups is 1. The molecule has 3 N–H and O–H groups in total. The van der Waals surface area contributed by atoms with Crippen LogP contribution in [0.5, 0.6) is 0 Å². The van der Waals surface area contributed by atoms with Gasteiger partial charge < -0.3 is 25.2 Å². The van der Waals surface area contributed by atoms with Crippen molar-refractivity contribution in [2.75, 3.05) is 33.4 Å². The fraction of sp³-hybridized carbons (Fsp3) is 0.611. The molecule has 1 atom stereocenters. The standard InChI is InChI=1S/C18H28N2O4/c1-13-8-14(2)10-15(9-13)16(21)11-19-17(22)20-12-18(23-3)4-6-24-7-5-18/h8-10,16,21H,4-7,11-12H2,1-3H3,(H2,19,20,22)/t16-/m1/s1. The van der Waals surface area contributed by atoms with Crippen molar-refractivity contribution < 1.29 is 19.4 Å². The first kappa shape index (κ1) is 18.7. The van der Waals surface area contributed by atoms with Gasteiger partial charge in [0.15, 0.2) is 0 Å². The van der Waals surface area contributed by atoms with Gasteiger partial charge in [-0.05, 0) is 19.4 Å². The number of aliphatic hydroxyl groups excluding tert-OH is 1. The lowest BCUT2D eigenvalue weighted by molar-refractivity contribution is -0.0861. The predicted octanol–water partition coefficient (Wildman–Crippen LogP) is 1.83. The van der Waals surface area contributed by atoms with E-state index in [1.165, 1.54) is 0 Å². The number of nitrogens with one attached hydrogen (secondary N) is 2. The maximum atomic E-state index is 12.0. The predicted molar refractivity (Wildman–Crippen MR) is 92.1 cm³/mol. The molecule has 0 saturated carbocycles. The lowest BCUT2D eigenvalue weighted by Crippen LogP contribution is -2.50. The van der Waals surface area contributed by atoms with E-state index in [4.69, 9.17) is 9.47 Å². The summed E-state index contributed by atoms with van der Waals surface area (Å²) in [7, 11) is 1.66. The molecule has 0 spiro atoms. The number of methoxy groups -OCH3 is 1. The highest BCUT2D eigenvalue weighted by Crippen LogP contribution is 2.23. The van der Waals surface area contributed by atoms with Crippen LogP contribution in [0.15, 0.2) is 18.2 Å². The number of hydrogen-bond donors (Lipinski definition) is 3. The van der Waals surface area contributed by atoms with Crippen LogP contribution >= 0.6 is 0 Å². The molecule has 0 bridgehead atoms. The maximum Gasteiger partial charge on any atom is 0.314 e. The lowest BCUT2D eigenvalue weighted by Gasteiger charge is -2.35. The number of carbonyl (C=O) groups excluding carboxylic acids is 1. The van der Waals surface area contributed by atoms with E-state index < -0.39 is 6.10 Å². The van der Waals surface area contributed by atoms with E-state index in [0.29, 0.717) is 19.8 Å². The van der Waals surface area contributed by atoms with Crippen LogP contribution in [0.2, 0.25) is 0 Å². The average Bonchev–Trinajstić information content (AvgIpc) is 2.57. The SMILES string of the molecule is COC1(CNC(=O)NC[C@@H](O)c2cc(C)cc(C)c2)CCOCC1. The van der Waals surface area contributed by atoms with Gasteiger partial charge in [0, 0.05) is 46.3 Å². The molecule has 1 aliphatic rings. The first-order chi connectivity index (χ1) is 11.4. The van der Waals surface area contributed by atoms with Gasteiger partial charge in [-0.2, -0.15) is 0 Å². The van der Waals surface area contributed by atoms with Gasteiger partial charge in [0.25, 0.3) is 0 Å². The van der Waals surface area contributed by atoms with E-state index in [0.717, 1.165) is 29.5 Å². The Kier molecular flexibility index (Phi) is 6.60. The van der Waals surface area contributed by atoms with Gasteiger partial charge >= 0.3 is 6.03 Å². The number of carbonyl (C=O) groups is 1. The number of urea groups is 1. The Bertz CT molecular complexity index is 536. The van der Waals surface area contributed by atoms with Crippen LogP contribution in [0.4, 0.5) is 4.79 Å². The zero-order valence-electron chi connectivity index (χ0n) is 14.7. The molecule has 24 heavy (non-hydrogen) atoms. The molecule has 1 aliphatic heterocycles. The van der Waals surface area contributed by atoms with E-state index in [2.05, 4.69) is 16.7 Å². The van der Waals surface area contributed by atoms with Crippen molar-refractivity contribution in [2.45, 2.75) is 38.4 Å². The first-order valence-corrected chi connectivity index (χ1v) is 8.35. The molecule has 1 fully saturated rings. The van der Waals surface area contributed by atoms with Gasteiger partial charge in [0.1, 0.15) is 0 Å². The summed E-state index contributed by atoms with van der Waals surface area (Å²) >= 11 is 0. The number of benzene rings is 1. The van der Waals surface area contributed by atoms with Crippen molar-refractivity contribution in [3.63, 3.8) is 0 Å². The van der Waals surface area contributed by atoms with Crippen LogP contribution < -0.4 is 10.6 Å². The molecule has 1 saturated heterocycles. The highest BCUT2D eigenvalue weighted by atomic mass is 16.5. The number of rotatable bonds is 6. The summed E-state index contributed by atoms with van der Waals surface area (Å²) in [6, 6.07) is 5.61. The van der Waals surface area contributed by atoms with Gasteiger partial charge in [0.2, 0.25) is 0 Å². The number of amides is 2. The fourth-order valence-electron chi connectivity index (χ4n) is 3.01. The molecule has 6 nitrogen and oxygen atoms in total. The summed E-state index contributed by atoms with van der Waals surface area (Å²) < 4.78 is 10.9. The normalized spacial score (nSPS) is 18.0. The second kappa shape index (κ2) is 8.46. The molecule has 1 aromatic carbocycles. The highest BCUT2D eigenvalue weighted by Gasteiger charge is 2.32. The highest BCUT2D eigenvalue weighted by molar-refractivity contribution is 5.73. The Balaban J connectivity index is 1.80. The minimum atomic E-state index is -0.728. The first-order valence-electron chi connectivity index (χ1n) is 8.35. The summed E-state index contributed by atoms with van der Waals surface area (Å²) in [5.41, 5.74) is 2.64. The fourth-order valence-corrected chi connectivity index (χ4v) is 3.01. The minimum absolute atomic E-state index is 0.165. The summed E-state index contributed by atoms with van der Waals surface area (Å²) in [5.74, 6) is 0. The molecule has 1 aromatic rings. The van der Waals surface area contributed by atoms with Crippen LogP contribution in [-0.2, 0) is 9.47 Å². The summed E-state index contributed by atoms with van der Waals surface area (Å²) in [6.45, 7) is 5.85. The van der Waals surface area contributed by atoms with E-state index in [-0.39, 0.29) is 18.2 Å². The molecule has 0 aliphatic carbocycles. The average molecular weight is 336 g/mol. The summed E-state index contributed by atoms with van der Waals surface area (Å²) in [5, 5.41) is 15.8. The monoisotopic (exact) mass is 336 g/mol. The van der Waals surface area contributed by atoms with Crippen LogP contribution in [0.1, 0.15) is 35.6 Å². The summed E-state index contributed by atoms with van der Waals surface area (Å²) in [6.07, 6.45) is 0.790. The lowest BCUT2D eigenvalue weighted by atomic mass is 9.94.